The number of hydrogen-bond donors (Lipinski definition) is 2. The van der Waals surface area contributed by atoms with Gasteiger partial charge < -0.3 is 19.6 Å². The number of aryl methyl sites for hydroxylation is 2. The third-order valence-electron chi connectivity index (χ3n) is 6.18. The van der Waals surface area contributed by atoms with Gasteiger partial charge in [-0.3, -0.25) is 19.3 Å². The summed E-state index contributed by atoms with van der Waals surface area (Å²) in [7, 11) is 0. The summed E-state index contributed by atoms with van der Waals surface area (Å²) in [6.45, 7) is 3.30. The molecule has 4 rings (SSSR count). The zero-order valence-corrected chi connectivity index (χ0v) is 20.3. The van der Waals surface area contributed by atoms with Crippen molar-refractivity contribution in [1.29, 1.82) is 0 Å². The van der Waals surface area contributed by atoms with Crippen LogP contribution in [0.3, 0.4) is 0 Å². The summed E-state index contributed by atoms with van der Waals surface area (Å²) in [5.41, 5.74) is 0.594. The third-order valence-corrected chi connectivity index (χ3v) is 6.18. The predicted octanol–water partition coefficient (Wildman–Crippen LogP) is 4.58. The minimum Gasteiger partial charge on any atom is -0.467 e. The molecule has 0 saturated heterocycles. The van der Waals surface area contributed by atoms with Gasteiger partial charge in [0.2, 0.25) is 11.8 Å². The number of halogens is 1. The van der Waals surface area contributed by atoms with Crippen molar-refractivity contribution in [2.24, 2.45) is 0 Å². The molecule has 1 fully saturated rings. The van der Waals surface area contributed by atoms with E-state index in [2.05, 4.69) is 15.8 Å². The molecule has 0 aliphatic heterocycles. The van der Waals surface area contributed by atoms with E-state index < -0.39 is 29.6 Å². The van der Waals surface area contributed by atoms with E-state index in [-0.39, 0.29) is 36.1 Å². The molecule has 1 atom stereocenters. The summed E-state index contributed by atoms with van der Waals surface area (Å²) in [5, 5.41) is 9.29. The minimum atomic E-state index is -1.17. The number of benzene rings is 1. The number of furan rings is 1. The lowest BCUT2D eigenvalue weighted by Gasteiger charge is -2.31. The fourth-order valence-electron chi connectivity index (χ4n) is 4.31. The molecule has 0 radical (unpaired) electrons. The van der Waals surface area contributed by atoms with Crippen LogP contribution >= 0.6 is 0 Å². The second kappa shape index (κ2) is 11.2. The molecule has 9 nitrogen and oxygen atoms in total. The number of amides is 3. The monoisotopic (exact) mass is 496 g/mol. The molecule has 1 aliphatic carbocycles. The highest BCUT2D eigenvalue weighted by Gasteiger charge is 2.36. The summed E-state index contributed by atoms with van der Waals surface area (Å²) in [4.78, 5) is 40.7. The Labute approximate surface area is 208 Å². The van der Waals surface area contributed by atoms with Gasteiger partial charge in [-0.2, -0.15) is 0 Å². The first kappa shape index (κ1) is 25.2. The van der Waals surface area contributed by atoms with Crippen molar-refractivity contribution in [3.8, 4) is 0 Å². The van der Waals surface area contributed by atoms with Crippen LogP contribution in [0.25, 0.3) is 0 Å². The summed E-state index contributed by atoms with van der Waals surface area (Å²) >= 11 is 0. The second-order valence-corrected chi connectivity index (χ2v) is 8.98. The third kappa shape index (κ3) is 5.99. The zero-order chi connectivity index (χ0) is 25.7. The maximum absolute atomic E-state index is 14.6. The van der Waals surface area contributed by atoms with Gasteiger partial charge in [-0.1, -0.05) is 24.1 Å². The van der Waals surface area contributed by atoms with Crippen molar-refractivity contribution in [3.05, 3.63) is 65.6 Å². The molecule has 3 amide bonds. The molecule has 0 spiro atoms. The SMILES string of the molecule is Cc1cc(NC(=O)CCC(=O)N(c2ccc(C)c(F)c2)C(C(=O)NC2CCCC2)c2ccco2)no1. The number of rotatable bonds is 9. The number of nitrogens with one attached hydrogen (secondary N) is 2. The molecule has 10 heteroatoms. The minimum absolute atomic E-state index is 0.00152. The van der Waals surface area contributed by atoms with E-state index in [1.54, 1.807) is 44.2 Å². The molecule has 36 heavy (non-hydrogen) atoms. The van der Waals surface area contributed by atoms with E-state index >= 15 is 0 Å². The Hall–Kier alpha value is -3.95. The molecule has 2 aromatic heterocycles. The number of carbonyl (C=O) groups is 3. The van der Waals surface area contributed by atoms with Crippen LogP contribution in [0, 0.1) is 19.7 Å². The van der Waals surface area contributed by atoms with E-state index in [1.165, 1.54) is 17.2 Å². The highest BCUT2D eigenvalue weighted by atomic mass is 19.1. The first-order valence-electron chi connectivity index (χ1n) is 12.0. The van der Waals surface area contributed by atoms with Gasteiger partial charge in [-0.25, -0.2) is 4.39 Å². The van der Waals surface area contributed by atoms with Gasteiger partial charge in [-0.15, -0.1) is 0 Å². The van der Waals surface area contributed by atoms with Crippen LogP contribution < -0.4 is 15.5 Å². The Morgan fingerprint density at radius 3 is 2.56 bits per heavy atom. The van der Waals surface area contributed by atoms with Gasteiger partial charge in [0.1, 0.15) is 17.3 Å². The van der Waals surface area contributed by atoms with Crippen LogP contribution in [0.2, 0.25) is 0 Å². The quantitative estimate of drug-likeness (QED) is 0.448. The summed E-state index contributed by atoms with van der Waals surface area (Å²) in [6.07, 6.45) is 4.75. The number of anilines is 2. The fourth-order valence-corrected chi connectivity index (χ4v) is 4.31. The lowest BCUT2D eigenvalue weighted by molar-refractivity contribution is -0.128. The average Bonchev–Trinajstić information content (AvgIpc) is 3.62. The van der Waals surface area contributed by atoms with Crippen molar-refractivity contribution in [3.63, 3.8) is 0 Å². The highest BCUT2D eigenvalue weighted by molar-refractivity contribution is 6.03. The average molecular weight is 497 g/mol. The summed E-state index contributed by atoms with van der Waals surface area (Å²) in [6, 6.07) is 7.94. The number of nitrogens with zero attached hydrogens (tertiary/aromatic N) is 2. The van der Waals surface area contributed by atoms with E-state index in [4.69, 9.17) is 8.94 Å². The number of carbonyl (C=O) groups excluding carboxylic acids is 3. The number of hydrogen-bond acceptors (Lipinski definition) is 6. The van der Waals surface area contributed by atoms with Crippen molar-refractivity contribution >= 4 is 29.2 Å². The van der Waals surface area contributed by atoms with Gasteiger partial charge in [0, 0.05) is 30.6 Å². The normalized spacial score (nSPS) is 14.4. The molecule has 0 bridgehead atoms. The van der Waals surface area contributed by atoms with Crippen LogP contribution in [0.1, 0.15) is 61.7 Å². The topological polar surface area (TPSA) is 118 Å². The smallest absolute Gasteiger partial charge is 0.251 e. The summed E-state index contributed by atoms with van der Waals surface area (Å²) < 4.78 is 25.0. The van der Waals surface area contributed by atoms with Crippen LogP contribution in [0.15, 0.2) is 51.6 Å². The largest absolute Gasteiger partial charge is 0.467 e. The Morgan fingerprint density at radius 2 is 1.92 bits per heavy atom. The van der Waals surface area contributed by atoms with Gasteiger partial charge in [-0.05, 0) is 56.5 Å². The highest BCUT2D eigenvalue weighted by Crippen LogP contribution is 2.31. The molecule has 1 unspecified atom stereocenters. The molecule has 3 aromatic rings. The van der Waals surface area contributed by atoms with Crippen molar-refractivity contribution < 1.29 is 27.7 Å². The fraction of sp³-hybridized carbons (Fsp3) is 0.385. The van der Waals surface area contributed by atoms with E-state index in [0.717, 1.165) is 25.7 Å². The predicted molar refractivity (Wildman–Crippen MR) is 130 cm³/mol. The molecule has 2 N–H and O–H groups in total. The zero-order valence-electron chi connectivity index (χ0n) is 20.3. The first-order chi connectivity index (χ1) is 17.3. The van der Waals surface area contributed by atoms with Crippen molar-refractivity contribution in [2.45, 2.75) is 64.5 Å². The van der Waals surface area contributed by atoms with Gasteiger partial charge in [0.25, 0.3) is 5.91 Å². The lowest BCUT2D eigenvalue weighted by atomic mass is 10.1. The molecule has 1 aliphatic rings. The Balaban J connectivity index is 1.60. The van der Waals surface area contributed by atoms with Crippen LogP contribution in [-0.2, 0) is 14.4 Å². The van der Waals surface area contributed by atoms with Gasteiger partial charge in [0.05, 0.1) is 6.26 Å². The maximum Gasteiger partial charge on any atom is 0.251 e. The van der Waals surface area contributed by atoms with E-state index in [9.17, 15) is 18.8 Å². The van der Waals surface area contributed by atoms with E-state index in [0.29, 0.717) is 11.3 Å². The van der Waals surface area contributed by atoms with Gasteiger partial charge >= 0.3 is 0 Å². The summed E-state index contributed by atoms with van der Waals surface area (Å²) in [5.74, 6) is -0.908. The molecule has 190 valence electrons. The molecule has 2 heterocycles. The molecular formula is C26H29FN4O5. The Morgan fingerprint density at radius 1 is 1.14 bits per heavy atom. The van der Waals surface area contributed by atoms with Crippen LogP contribution in [-0.4, -0.2) is 28.9 Å². The lowest BCUT2D eigenvalue weighted by Crippen LogP contribution is -2.46. The second-order valence-electron chi connectivity index (χ2n) is 8.98. The number of aromatic nitrogens is 1. The Bertz CT molecular complexity index is 1220. The molecule has 1 saturated carbocycles. The van der Waals surface area contributed by atoms with Crippen molar-refractivity contribution in [2.75, 3.05) is 10.2 Å². The Kier molecular flexibility index (Phi) is 7.82. The maximum atomic E-state index is 14.6. The first-order valence-corrected chi connectivity index (χ1v) is 12.0. The van der Waals surface area contributed by atoms with Crippen LogP contribution in [0.4, 0.5) is 15.9 Å². The van der Waals surface area contributed by atoms with Crippen molar-refractivity contribution in [1.82, 2.24) is 10.5 Å². The van der Waals surface area contributed by atoms with E-state index in [1.807, 2.05) is 0 Å². The molecule has 1 aromatic carbocycles. The van der Waals surface area contributed by atoms with Gasteiger partial charge in [0.15, 0.2) is 11.9 Å². The molecular weight excluding hydrogens is 467 g/mol. The van der Waals surface area contributed by atoms with Crippen LogP contribution in [0.5, 0.6) is 0 Å². The standard InChI is InChI=1S/C26H29FN4O5/c1-16-9-10-19(15-20(16)27)31(24(33)12-11-23(32)29-22-14-17(2)36-30-22)25(21-8-5-13-35-21)26(34)28-18-6-3-4-7-18/h5,8-10,13-15,18,25H,3-4,6-7,11-12H2,1-2H3,(H,28,34)(H,29,30,32).